The third-order valence-electron chi connectivity index (χ3n) is 5.84. The van der Waals surface area contributed by atoms with Crippen LogP contribution in [0.1, 0.15) is 44.1 Å². The molecule has 1 aromatic rings. The lowest BCUT2D eigenvalue weighted by molar-refractivity contribution is -0.0101. The Bertz CT molecular complexity index is 702. The SMILES string of the molecule is Oc1c(I)cc(I)cc1/C=N/NC(=S)NC12CC3CC(CC(C3)C1)C2. The zero-order valence-corrected chi connectivity index (χ0v) is 18.9. The van der Waals surface area contributed by atoms with Crippen molar-refractivity contribution in [1.29, 1.82) is 0 Å². The third-order valence-corrected chi connectivity index (χ3v) is 7.48. The van der Waals surface area contributed by atoms with Gasteiger partial charge in [-0.1, -0.05) is 0 Å². The number of hydrogen-bond acceptors (Lipinski definition) is 3. The van der Waals surface area contributed by atoms with E-state index in [2.05, 4.69) is 61.0 Å². The lowest BCUT2D eigenvalue weighted by Gasteiger charge is -2.57. The van der Waals surface area contributed by atoms with Crippen molar-refractivity contribution in [3.63, 3.8) is 0 Å². The molecule has 0 aliphatic heterocycles. The number of nitrogens with zero attached hydrogens (tertiary/aromatic N) is 1. The molecule has 4 saturated carbocycles. The smallest absolute Gasteiger partial charge is 0.187 e. The minimum atomic E-state index is 0.188. The number of hydrazone groups is 1. The number of benzene rings is 1. The number of hydrogen-bond donors (Lipinski definition) is 3. The van der Waals surface area contributed by atoms with Crippen LogP contribution < -0.4 is 10.7 Å². The van der Waals surface area contributed by atoms with Crippen LogP contribution in [0.3, 0.4) is 0 Å². The maximum absolute atomic E-state index is 10.1. The van der Waals surface area contributed by atoms with Gasteiger partial charge in [-0.15, -0.1) is 0 Å². The first kappa shape index (κ1) is 18.2. The minimum absolute atomic E-state index is 0.188. The predicted octanol–water partition coefficient (Wildman–Crippen LogP) is 4.37. The van der Waals surface area contributed by atoms with Gasteiger partial charge in [-0.05, 0) is 126 Å². The normalized spacial score (nSPS) is 33.0. The molecule has 134 valence electrons. The molecule has 0 unspecified atom stereocenters. The predicted molar refractivity (Wildman–Crippen MR) is 121 cm³/mol. The Labute approximate surface area is 180 Å². The molecule has 0 heterocycles. The second-order valence-electron chi connectivity index (χ2n) is 7.85. The summed E-state index contributed by atoms with van der Waals surface area (Å²) in [6, 6.07) is 3.83. The van der Waals surface area contributed by atoms with Crippen LogP contribution in [0.2, 0.25) is 0 Å². The number of halogens is 2. The van der Waals surface area contributed by atoms with Crippen molar-refractivity contribution in [2.75, 3.05) is 0 Å². The molecule has 4 aliphatic rings. The first-order valence-corrected chi connectivity index (χ1v) is 11.3. The Morgan fingerprint density at radius 2 is 1.76 bits per heavy atom. The molecule has 4 fully saturated rings. The Morgan fingerprint density at radius 3 is 2.36 bits per heavy atom. The van der Waals surface area contributed by atoms with Gasteiger partial charge in [-0.2, -0.15) is 5.10 Å². The van der Waals surface area contributed by atoms with Crippen LogP contribution in [-0.2, 0) is 0 Å². The fourth-order valence-electron chi connectivity index (χ4n) is 5.38. The molecule has 0 amide bonds. The number of nitrogens with one attached hydrogen (secondary N) is 2. The van der Waals surface area contributed by atoms with E-state index >= 15 is 0 Å². The Hall–Kier alpha value is -0.160. The molecule has 5 rings (SSSR count). The molecule has 0 radical (unpaired) electrons. The minimum Gasteiger partial charge on any atom is -0.506 e. The van der Waals surface area contributed by atoms with Crippen molar-refractivity contribution in [1.82, 2.24) is 10.7 Å². The van der Waals surface area contributed by atoms with E-state index in [1.54, 1.807) is 6.21 Å². The zero-order valence-electron chi connectivity index (χ0n) is 13.8. The number of phenols is 1. The Morgan fingerprint density at radius 1 is 1.16 bits per heavy atom. The van der Waals surface area contributed by atoms with Crippen molar-refractivity contribution in [2.45, 2.75) is 44.1 Å². The van der Waals surface area contributed by atoms with Crippen LogP contribution in [0.5, 0.6) is 5.75 Å². The summed E-state index contributed by atoms with van der Waals surface area (Å²) >= 11 is 9.85. The second kappa shape index (κ2) is 7.10. The van der Waals surface area contributed by atoms with Crippen LogP contribution >= 0.6 is 57.4 Å². The van der Waals surface area contributed by atoms with Crippen molar-refractivity contribution in [3.8, 4) is 5.75 Å². The van der Waals surface area contributed by atoms with Gasteiger partial charge >= 0.3 is 0 Å². The molecule has 25 heavy (non-hydrogen) atoms. The fraction of sp³-hybridized carbons (Fsp3) is 0.556. The highest BCUT2D eigenvalue weighted by molar-refractivity contribution is 14.1. The Kier molecular flexibility index (Phi) is 5.18. The average Bonchev–Trinajstić information content (AvgIpc) is 2.50. The quantitative estimate of drug-likeness (QED) is 0.215. The van der Waals surface area contributed by atoms with Crippen LogP contribution in [-0.4, -0.2) is 22.0 Å². The summed E-state index contributed by atoms with van der Waals surface area (Å²) in [5, 5.41) is 18.5. The van der Waals surface area contributed by atoms with Gasteiger partial charge in [0.05, 0.1) is 9.78 Å². The summed E-state index contributed by atoms with van der Waals surface area (Å²) in [7, 11) is 0. The summed E-state index contributed by atoms with van der Waals surface area (Å²) in [5.41, 5.74) is 3.83. The maximum atomic E-state index is 10.1. The molecule has 7 heteroatoms. The van der Waals surface area contributed by atoms with Crippen molar-refractivity contribution < 1.29 is 5.11 Å². The lowest BCUT2D eigenvalue weighted by Crippen LogP contribution is -2.61. The molecule has 1 aromatic carbocycles. The van der Waals surface area contributed by atoms with Crippen molar-refractivity contribution >= 4 is 68.7 Å². The van der Waals surface area contributed by atoms with Gasteiger partial charge in [0, 0.05) is 14.7 Å². The van der Waals surface area contributed by atoms with E-state index in [0.717, 1.165) is 24.9 Å². The van der Waals surface area contributed by atoms with E-state index in [0.29, 0.717) is 10.7 Å². The van der Waals surface area contributed by atoms with Crippen molar-refractivity contribution in [2.24, 2.45) is 22.9 Å². The van der Waals surface area contributed by atoms with Gasteiger partial charge in [-0.3, -0.25) is 5.43 Å². The number of aromatic hydroxyl groups is 1. The van der Waals surface area contributed by atoms with Gasteiger partial charge < -0.3 is 10.4 Å². The first-order valence-electron chi connectivity index (χ1n) is 8.72. The monoisotopic (exact) mass is 581 g/mol. The van der Waals surface area contributed by atoms with E-state index in [4.69, 9.17) is 12.2 Å². The summed E-state index contributed by atoms with van der Waals surface area (Å²) in [4.78, 5) is 0. The maximum Gasteiger partial charge on any atom is 0.187 e. The summed E-state index contributed by atoms with van der Waals surface area (Å²) < 4.78 is 1.88. The van der Waals surface area contributed by atoms with Gasteiger partial charge in [0.25, 0.3) is 0 Å². The molecule has 0 spiro atoms. The highest BCUT2D eigenvalue weighted by Crippen LogP contribution is 2.55. The fourth-order valence-corrected chi connectivity index (χ4v) is 7.54. The van der Waals surface area contributed by atoms with E-state index in [-0.39, 0.29) is 11.3 Å². The molecular formula is C18H21I2N3OS. The van der Waals surface area contributed by atoms with Gasteiger partial charge in [0.15, 0.2) is 5.11 Å². The van der Waals surface area contributed by atoms with Crippen LogP contribution in [0.4, 0.5) is 0 Å². The standard InChI is InChI=1S/C18H21I2N3OS/c19-14-4-13(16(24)15(20)5-14)9-21-23-17(25)22-18-6-10-1-11(7-18)3-12(2-10)8-18/h4-5,9-12,24H,1-3,6-8H2,(H2,22,23,25)/b21-9+. The number of phenolic OH excluding ortho intramolecular Hbond substituents is 1. The molecule has 0 saturated heterocycles. The van der Waals surface area contributed by atoms with E-state index < -0.39 is 0 Å². The van der Waals surface area contributed by atoms with Gasteiger partial charge in [0.2, 0.25) is 0 Å². The van der Waals surface area contributed by atoms with Crippen LogP contribution in [0.25, 0.3) is 0 Å². The van der Waals surface area contributed by atoms with E-state index in [9.17, 15) is 5.11 Å². The molecule has 4 nitrogen and oxygen atoms in total. The van der Waals surface area contributed by atoms with E-state index in [1.807, 2.05) is 12.1 Å². The summed E-state index contributed by atoms with van der Waals surface area (Å²) in [6.45, 7) is 0. The molecule has 0 aromatic heterocycles. The molecule has 4 aliphatic carbocycles. The first-order chi connectivity index (χ1) is 11.9. The summed E-state index contributed by atoms with van der Waals surface area (Å²) in [5.74, 6) is 2.91. The van der Waals surface area contributed by atoms with Gasteiger partial charge in [0.1, 0.15) is 5.75 Å². The van der Waals surface area contributed by atoms with Crippen LogP contribution in [0, 0.1) is 24.9 Å². The average molecular weight is 581 g/mol. The van der Waals surface area contributed by atoms with Gasteiger partial charge in [-0.25, -0.2) is 0 Å². The molecular weight excluding hydrogens is 560 g/mol. The van der Waals surface area contributed by atoms with E-state index in [1.165, 1.54) is 38.5 Å². The lowest BCUT2D eigenvalue weighted by atomic mass is 9.53. The largest absolute Gasteiger partial charge is 0.506 e. The highest BCUT2D eigenvalue weighted by Gasteiger charge is 2.51. The number of rotatable bonds is 3. The number of thiocarbonyl (C=S) groups is 1. The topological polar surface area (TPSA) is 56.7 Å². The molecule has 4 bridgehead atoms. The zero-order chi connectivity index (χ0) is 17.6. The Balaban J connectivity index is 1.39. The highest BCUT2D eigenvalue weighted by atomic mass is 127. The van der Waals surface area contributed by atoms with Crippen LogP contribution in [0.15, 0.2) is 17.2 Å². The third kappa shape index (κ3) is 3.92. The second-order valence-corrected chi connectivity index (χ2v) is 10.7. The molecule has 3 N–H and O–H groups in total. The summed E-state index contributed by atoms with van der Waals surface area (Å²) in [6.07, 6.45) is 9.64. The van der Waals surface area contributed by atoms with Crippen molar-refractivity contribution in [3.05, 3.63) is 24.8 Å². The molecule has 0 atom stereocenters.